The van der Waals surface area contributed by atoms with Crippen LogP contribution >= 0.6 is 0 Å². The van der Waals surface area contributed by atoms with Gasteiger partial charge in [0.1, 0.15) is 17.1 Å². The molecule has 0 saturated heterocycles. The highest BCUT2D eigenvalue weighted by molar-refractivity contribution is 5.97. The van der Waals surface area contributed by atoms with Crippen molar-refractivity contribution in [2.24, 2.45) is 21.7 Å². The van der Waals surface area contributed by atoms with Crippen LogP contribution in [-0.2, 0) is 19.0 Å². The quantitative estimate of drug-likeness (QED) is 0.456. The van der Waals surface area contributed by atoms with Gasteiger partial charge in [0.2, 0.25) is 5.79 Å². The molecule has 194 valence electrons. The molecule has 0 aliphatic carbocycles. The molecule has 0 fully saturated rings. The number of carbonyl (C=O) groups is 1. The summed E-state index contributed by atoms with van der Waals surface area (Å²) in [5, 5.41) is 0. The van der Waals surface area contributed by atoms with Crippen LogP contribution in [-0.4, -0.2) is 17.5 Å². The number of ether oxygens (including phenoxy) is 3. The lowest BCUT2D eigenvalue weighted by molar-refractivity contribution is -0.399. The molecule has 1 aromatic carbocycles. The van der Waals surface area contributed by atoms with Crippen LogP contribution in [0.25, 0.3) is 0 Å². The lowest BCUT2D eigenvalue weighted by Crippen LogP contribution is -2.67. The Bertz CT molecular complexity index is 1030. The zero-order valence-electron chi connectivity index (χ0n) is 23.6. The Kier molecular flexibility index (Phi) is 6.43. The molecule has 0 saturated carbocycles. The molecule has 0 spiro atoms. The van der Waals surface area contributed by atoms with Crippen molar-refractivity contribution in [2.45, 2.75) is 94.7 Å². The lowest BCUT2D eigenvalue weighted by Gasteiger charge is -2.60. The third-order valence-corrected chi connectivity index (χ3v) is 6.45. The molecule has 2 heterocycles. The van der Waals surface area contributed by atoms with E-state index in [-0.39, 0.29) is 11.3 Å². The minimum atomic E-state index is -1.39. The maximum Gasteiger partial charge on any atom is 0.275 e. The maximum absolute atomic E-state index is 14.0. The van der Waals surface area contributed by atoms with Gasteiger partial charge >= 0.3 is 0 Å². The number of anilines is 1. The van der Waals surface area contributed by atoms with Crippen LogP contribution in [0.5, 0.6) is 0 Å². The third kappa shape index (κ3) is 4.82. The first-order chi connectivity index (χ1) is 15.7. The van der Waals surface area contributed by atoms with Crippen molar-refractivity contribution in [3.8, 4) is 0 Å². The molecule has 2 aliphatic heterocycles. The molecule has 6 nitrogen and oxygen atoms in total. The Morgan fingerprint density at radius 1 is 0.771 bits per heavy atom. The first kappa shape index (κ1) is 27.1. The van der Waals surface area contributed by atoms with Gasteiger partial charge in [-0.05, 0) is 12.1 Å². The number of allylic oxidation sites excluding steroid dienone is 2. The Morgan fingerprint density at radius 2 is 1.34 bits per heavy atom. The highest BCUT2D eigenvalue weighted by Crippen LogP contribution is 2.60. The Morgan fingerprint density at radius 3 is 1.80 bits per heavy atom. The molecule has 0 aromatic heterocycles. The average Bonchev–Trinajstić information content (AvgIpc) is 2.69. The zero-order valence-corrected chi connectivity index (χ0v) is 23.6. The van der Waals surface area contributed by atoms with Crippen molar-refractivity contribution in [3.63, 3.8) is 0 Å². The Labute approximate surface area is 211 Å². The fourth-order valence-corrected chi connectivity index (χ4v) is 4.19. The first-order valence-electron chi connectivity index (χ1n) is 12.4. The van der Waals surface area contributed by atoms with Crippen LogP contribution < -0.4 is 10.9 Å². The largest absolute Gasteiger partial charge is 0.461 e. The maximum atomic E-state index is 14.0. The van der Waals surface area contributed by atoms with Gasteiger partial charge in [0.05, 0.1) is 5.69 Å². The van der Waals surface area contributed by atoms with E-state index in [1.807, 2.05) is 78.0 Å². The average molecular weight is 485 g/mol. The number of benzene rings is 1. The highest BCUT2D eigenvalue weighted by atomic mass is 16.8. The standard InChI is InChI=1S/C29H44N2O4/c1-24(2,3)20-18-28(26(7,8)9)34-22(25(4,5)6)21(29(33-20,35-28)27(10,11)12)23(32)31-30-19-16-14-13-15-17-19/h13-18,30H,1-12H3,(H,31,32). The van der Waals surface area contributed by atoms with Crippen molar-refractivity contribution >= 4 is 11.6 Å². The summed E-state index contributed by atoms with van der Waals surface area (Å²) in [5.41, 5.74) is 5.11. The van der Waals surface area contributed by atoms with E-state index < -0.39 is 27.8 Å². The summed E-state index contributed by atoms with van der Waals surface area (Å²) in [6, 6.07) is 9.50. The van der Waals surface area contributed by atoms with E-state index in [2.05, 4.69) is 52.4 Å². The fraction of sp³-hybridized carbons (Fsp3) is 0.621. The summed E-state index contributed by atoms with van der Waals surface area (Å²) in [6.07, 6.45) is 1.97. The number of para-hydroxylation sites is 1. The lowest BCUT2D eigenvalue weighted by atomic mass is 9.72. The summed E-state index contributed by atoms with van der Waals surface area (Å²) >= 11 is 0. The molecule has 2 unspecified atom stereocenters. The van der Waals surface area contributed by atoms with Gasteiger partial charge in [0.25, 0.3) is 11.7 Å². The van der Waals surface area contributed by atoms with Gasteiger partial charge in [-0.15, -0.1) is 0 Å². The molecule has 3 rings (SSSR count). The van der Waals surface area contributed by atoms with Crippen LogP contribution in [0.2, 0.25) is 0 Å². The smallest absolute Gasteiger partial charge is 0.275 e. The number of carbonyl (C=O) groups excluding carboxylic acids is 1. The summed E-state index contributed by atoms with van der Waals surface area (Å²) < 4.78 is 20.5. The molecule has 2 bridgehead atoms. The third-order valence-electron chi connectivity index (χ3n) is 6.45. The SMILES string of the molecule is CC(C)(C)C1=CC2(C(C)(C)C)OC(C(C)(C)C)=C(C(=O)NNc3ccccc3)C(C(C)(C)C)(O1)O2. The molecule has 2 N–H and O–H groups in total. The molecule has 6 heteroatoms. The van der Waals surface area contributed by atoms with Gasteiger partial charge in [0, 0.05) is 27.7 Å². The second-order valence-corrected chi connectivity index (χ2v) is 13.7. The summed E-state index contributed by atoms with van der Waals surface area (Å²) in [5.74, 6) is -1.57. The first-order valence-corrected chi connectivity index (χ1v) is 12.4. The van der Waals surface area contributed by atoms with E-state index in [1.54, 1.807) is 0 Å². The fourth-order valence-electron chi connectivity index (χ4n) is 4.19. The molecular weight excluding hydrogens is 440 g/mol. The second-order valence-electron chi connectivity index (χ2n) is 13.7. The van der Waals surface area contributed by atoms with E-state index in [9.17, 15) is 4.79 Å². The van der Waals surface area contributed by atoms with Crippen molar-refractivity contribution in [3.05, 3.63) is 53.5 Å². The molecule has 2 aliphatic rings. The van der Waals surface area contributed by atoms with Crippen LogP contribution in [0.1, 0.15) is 83.1 Å². The van der Waals surface area contributed by atoms with E-state index >= 15 is 0 Å². The molecule has 2 atom stereocenters. The molecule has 0 radical (unpaired) electrons. The van der Waals surface area contributed by atoms with Crippen molar-refractivity contribution < 1.29 is 19.0 Å². The summed E-state index contributed by atoms with van der Waals surface area (Å²) in [6.45, 7) is 24.8. The monoisotopic (exact) mass is 484 g/mol. The number of hydrogen-bond donors (Lipinski definition) is 2. The molecular formula is C29H44N2O4. The highest BCUT2D eigenvalue weighted by Gasteiger charge is 2.67. The number of rotatable bonds is 3. The van der Waals surface area contributed by atoms with Crippen LogP contribution in [0.3, 0.4) is 0 Å². The number of amides is 1. The number of hydrazine groups is 1. The van der Waals surface area contributed by atoms with Gasteiger partial charge < -0.3 is 9.47 Å². The zero-order chi connectivity index (χ0) is 26.7. The number of hydrogen-bond acceptors (Lipinski definition) is 5. The summed E-state index contributed by atoms with van der Waals surface area (Å²) in [7, 11) is 0. The van der Waals surface area contributed by atoms with Gasteiger partial charge in [-0.3, -0.25) is 20.4 Å². The number of nitrogens with one attached hydrogen (secondary N) is 2. The van der Waals surface area contributed by atoms with Gasteiger partial charge in [-0.2, -0.15) is 0 Å². The molecule has 1 amide bonds. The summed E-state index contributed by atoms with van der Waals surface area (Å²) in [4.78, 5) is 14.0. The van der Waals surface area contributed by atoms with Gasteiger partial charge in [-0.25, -0.2) is 0 Å². The predicted octanol–water partition coefficient (Wildman–Crippen LogP) is 6.92. The van der Waals surface area contributed by atoms with Crippen LogP contribution in [0, 0.1) is 21.7 Å². The van der Waals surface area contributed by atoms with Gasteiger partial charge in [-0.1, -0.05) is 101 Å². The van der Waals surface area contributed by atoms with Crippen molar-refractivity contribution in [1.29, 1.82) is 0 Å². The van der Waals surface area contributed by atoms with E-state index in [1.165, 1.54) is 0 Å². The van der Waals surface area contributed by atoms with E-state index in [4.69, 9.17) is 14.2 Å². The van der Waals surface area contributed by atoms with E-state index in [0.717, 1.165) is 11.4 Å². The van der Waals surface area contributed by atoms with Crippen molar-refractivity contribution in [1.82, 2.24) is 5.43 Å². The predicted molar refractivity (Wildman–Crippen MR) is 140 cm³/mol. The minimum absolute atomic E-state index is 0.330. The Balaban J connectivity index is 2.28. The molecule has 35 heavy (non-hydrogen) atoms. The topological polar surface area (TPSA) is 68.8 Å². The second kappa shape index (κ2) is 8.29. The van der Waals surface area contributed by atoms with E-state index in [0.29, 0.717) is 11.3 Å². The van der Waals surface area contributed by atoms with Crippen molar-refractivity contribution in [2.75, 3.05) is 5.43 Å². The normalized spacial score (nSPS) is 25.3. The minimum Gasteiger partial charge on any atom is -0.461 e. The van der Waals surface area contributed by atoms with Gasteiger partial charge in [0.15, 0.2) is 0 Å². The Hall–Kier alpha value is -2.47. The molecule has 1 aromatic rings. The van der Waals surface area contributed by atoms with Crippen LogP contribution in [0.4, 0.5) is 5.69 Å². The number of fused-ring (bicyclic) bond motifs is 2. The van der Waals surface area contributed by atoms with Crippen LogP contribution in [0.15, 0.2) is 53.5 Å².